The van der Waals surface area contributed by atoms with Crippen molar-refractivity contribution in [2.45, 2.75) is 20.1 Å². The van der Waals surface area contributed by atoms with Crippen LogP contribution in [0.2, 0.25) is 0 Å². The lowest BCUT2D eigenvalue weighted by Gasteiger charge is -2.16. The highest BCUT2D eigenvalue weighted by atomic mass is 19.2. The fourth-order valence-electron chi connectivity index (χ4n) is 3.04. The Morgan fingerprint density at radius 2 is 1.90 bits per heavy atom. The fourth-order valence-corrected chi connectivity index (χ4v) is 3.04. The van der Waals surface area contributed by atoms with E-state index in [0.717, 1.165) is 11.3 Å². The molecule has 158 valence electrons. The number of hydrogen-bond acceptors (Lipinski definition) is 5. The molecule has 0 saturated carbocycles. The third kappa shape index (κ3) is 4.77. The van der Waals surface area contributed by atoms with Gasteiger partial charge in [-0.15, -0.1) is 0 Å². The molecule has 0 radical (unpaired) electrons. The molecule has 0 amide bonds. The summed E-state index contributed by atoms with van der Waals surface area (Å²) < 4.78 is 36.6. The van der Waals surface area contributed by atoms with E-state index in [-0.39, 0.29) is 17.9 Å². The number of nitrogens with zero attached hydrogens (tertiary/aromatic N) is 3. The quantitative estimate of drug-likeness (QED) is 0.436. The van der Waals surface area contributed by atoms with Crippen LogP contribution in [-0.2, 0) is 13.2 Å². The normalized spacial score (nSPS) is 11.5. The number of hydrazine groups is 1. The molecule has 3 aromatic rings. The Bertz CT molecular complexity index is 1030. The number of halogens is 2. The lowest BCUT2D eigenvalue weighted by Crippen LogP contribution is -2.29. The predicted molar refractivity (Wildman–Crippen MR) is 112 cm³/mol. The van der Waals surface area contributed by atoms with Crippen molar-refractivity contribution in [1.29, 1.82) is 0 Å². The molecule has 1 aromatic heterocycles. The van der Waals surface area contributed by atoms with Gasteiger partial charge in [-0.2, -0.15) is 9.49 Å². The molecule has 6 nitrogen and oxygen atoms in total. The minimum atomic E-state index is -1.02. The number of rotatable bonds is 8. The first-order chi connectivity index (χ1) is 14.4. The van der Waals surface area contributed by atoms with Crippen molar-refractivity contribution in [2.75, 3.05) is 14.1 Å². The summed E-state index contributed by atoms with van der Waals surface area (Å²) in [5.74, 6) is 3.70. The van der Waals surface area contributed by atoms with Crippen molar-refractivity contribution < 1.29 is 13.5 Å². The number of allylic oxidation sites excluding steroid dienone is 1. The molecule has 2 aromatic carbocycles. The summed E-state index contributed by atoms with van der Waals surface area (Å²) in [4.78, 5) is 0. The van der Waals surface area contributed by atoms with Crippen molar-refractivity contribution in [3.05, 3.63) is 83.5 Å². The molecular weight excluding hydrogens is 388 g/mol. The molecule has 3 rings (SSSR count). The maximum Gasteiger partial charge on any atom is 0.201 e. The number of nitrogens with one attached hydrogen (secondary N) is 1. The summed E-state index contributed by atoms with van der Waals surface area (Å²) in [5, 5.41) is 8.79. The van der Waals surface area contributed by atoms with E-state index in [4.69, 9.17) is 10.6 Å². The van der Waals surface area contributed by atoms with Crippen molar-refractivity contribution in [3.8, 4) is 16.9 Å². The molecule has 0 bridgehead atoms. The van der Waals surface area contributed by atoms with Crippen molar-refractivity contribution >= 4 is 0 Å². The lowest BCUT2D eigenvalue weighted by atomic mass is 10.1. The lowest BCUT2D eigenvalue weighted by molar-refractivity contribution is 0.285. The van der Waals surface area contributed by atoms with Crippen LogP contribution < -0.4 is 15.9 Å². The zero-order chi connectivity index (χ0) is 21.7. The van der Waals surface area contributed by atoms with E-state index >= 15 is 0 Å². The smallest absolute Gasteiger partial charge is 0.201 e. The molecule has 30 heavy (non-hydrogen) atoms. The SMILES string of the molecule is CN/C=C(/Cn1cc(-c2ccc(OCc3ccccc3)c(F)c2F)c(C)n1)N(C)N. The molecule has 0 spiro atoms. The molecule has 0 aliphatic rings. The highest BCUT2D eigenvalue weighted by molar-refractivity contribution is 5.67. The molecule has 8 heteroatoms. The largest absolute Gasteiger partial charge is 0.486 e. The Hall–Kier alpha value is -3.39. The van der Waals surface area contributed by atoms with Gasteiger partial charge in [-0.1, -0.05) is 30.3 Å². The molecule has 0 saturated heterocycles. The van der Waals surface area contributed by atoms with Crippen LogP contribution in [0.25, 0.3) is 11.1 Å². The Labute approximate surface area is 174 Å². The number of benzene rings is 2. The minimum absolute atomic E-state index is 0.128. The Morgan fingerprint density at radius 1 is 1.17 bits per heavy atom. The first-order valence-electron chi connectivity index (χ1n) is 9.44. The van der Waals surface area contributed by atoms with Crippen LogP contribution in [0, 0.1) is 18.6 Å². The molecule has 0 atom stereocenters. The number of ether oxygens (including phenoxy) is 1. The number of hydrogen-bond donors (Lipinski definition) is 2. The van der Waals surface area contributed by atoms with Crippen LogP contribution in [0.15, 0.2) is 60.6 Å². The third-order valence-electron chi connectivity index (χ3n) is 4.61. The summed E-state index contributed by atoms with van der Waals surface area (Å²) in [6, 6.07) is 12.3. The molecule has 0 fully saturated rings. The summed E-state index contributed by atoms with van der Waals surface area (Å²) in [6.45, 7) is 2.27. The molecule has 3 N–H and O–H groups in total. The van der Waals surface area contributed by atoms with Gasteiger partial charge in [0.05, 0.1) is 17.9 Å². The highest BCUT2D eigenvalue weighted by Crippen LogP contribution is 2.32. The first kappa shape index (κ1) is 21.3. The van der Waals surface area contributed by atoms with Crippen LogP contribution in [0.1, 0.15) is 11.3 Å². The second-order valence-corrected chi connectivity index (χ2v) is 6.87. The van der Waals surface area contributed by atoms with Gasteiger partial charge in [-0.25, -0.2) is 10.2 Å². The van der Waals surface area contributed by atoms with Crippen LogP contribution in [0.3, 0.4) is 0 Å². The minimum Gasteiger partial charge on any atom is -0.486 e. The van der Waals surface area contributed by atoms with Gasteiger partial charge in [0.15, 0.2) is 11.6 Å². The summed E-state index contributed by atoms with van der Waals surface area (Å²) in [7, 11) is 3.48. The number of likely N-dealkylation sites (N-methyl/N-ethyl adjacent to an activating group) is 1. The van der Waals surface area contributed by atoms with Crippen LogP contribution in [-0.4, -0.2) is 28.9 Å². The van der Waals surface area contributed by atoms with Crippen molar-refractivity contribution in [3.63, 3.8) is 0 Å². The van der Waals surface area contributed by atoms with Crippen LogP contribution in [0.4, 0.5) is 8.78 Å². The van der Waals surface area contributed by atoms with Gasteiger partial charge in [0.2, 0.25) is 5.82 Å². The Kier molecular flexibility index (Phi) is 6.68. The van der Waals surface area contributed by atoms with Crippen LogP contribution >= 0.6 is 0 Å². The average molecular weight is 413 g/mol. The van der Waals surface area contributed by atoms with E-state index in [0.29, 0.717) is 17.8 Å². The van der Waals surface area contributed by atoms with E-state index < -0.39 is 11.6 Å². The highest BCUT2D eigenvalue weighted by Gasteiger charge is 2.19. The molecule has 0 unspecified atom stereocenters. The molecule has 1 heterocycles. The Balaban J connectivity index is 1.83. The van der Waals surface area contributed by atoms with E-state index in [1.165, 1.54) is 17.1 Å². The topological polar surface area (TPSA) is 68.3 Å². The van der Waals surface area contributed by atoms with Gasteiger partial charge in [0, 0.05) is 37.6 Å². The van der Waals surface area contributed by atoms with E-state index in [1.54, 1.807) is 38.1 Å². The standard InChI is InChI=1S/C22H25F2N5O/c1-15-19(13-29(27-15)12-17(11-26-2)28(3)25)18-9-10-20(22(24)21(18)23)30-14-16-7-5-4-6-8-16/h4-11,13,26H,12,14,25H2,1-3H3/b17-11-. The molecule has 0 aliphatic carbocycles. The molecular formula is C22H25F2N5O. The maximum atomic E-state index is 14.8. The Morgan fingerprint density at radius 3 is 2.57 bits per heavy atom. The summed E-state index contributed by atoms with van der Waals surface area (Å²) in [5.41, 5.74) is 2.85. The van der Waals surface area contributed by atoms with Crippen molar-refractivity contribution in [1.82, 2.24) is 20.1 Å². The van der Waals surface area contributed by atoms with E-state index in [9.17, 15) is 8.78 Å². The van der Waals surface area contributed by atoms with Crippen LogP contribution in [0.5, 0.6) is 5.75 Å². The zero-order valence-corrected chi connectivity index (χ0v) is 17.2. The number of aromatic nitrogens is 2. The second-order valence-electron chi connectivity index (χ2n) is 6.87. The van der Waals surface area contributed by atoms with Gasteiger partial charge in [-0.3, -0.25) is 4.68 Å². The van der Waals surface area contributed by atoms with Gasteiger partial charge < -0.3 is 15.1 Å². The van der Waals surface area contributed by atoms with Crippen molar-refractivity contribution in [2.24, 2.45) is 5.84 Å². The third-order valence-corrected chi connectivity index (χ3v) is 4.61. The predicted octanol–water partition coefficient (Wildman–Crippen LogP) is 3.58. The number of aryl methyl sites for hydroxylation is 1. The second kappa shape index (κ2) is 9.41. The van der Waals surface area contributed by atoms with Gasteiger partial charge in [0.25, 0.3) is 0 Å². The van der Waals surface area contributed by atoms with E-state index in [1.807, 2.05) is 30.3 Å². The maximum absolute atomic E-state index is 14.8. The van der Waals surface area contributed by atoms with Gasteiger partial charge in [0.1, 0.15) is 6.61 Å². The average Bonchev–Trinajstić information content (AvgIpc) is 3.09. The monoisotopic (exact) mass is 413 g/mol. The first-order valence-corrected chi connectivity index (χ1v) is 9.44. The van der Waals surface area contributed by atoms with Gasteiger partial charge >= 0.3 is 0 Å². The van der Waals surface area contributed by atoms with E-state index in [2.05, 4.69) is 10.4 Å². The number of nitrogens with two attached hydrogens (primary N) is 1. The molecule has 0 aliphatic heterocycles. The zero-order valence-electron chi connectivity index (χ0n) is 17.2. The van der Waals surface area contributed by atoms with Gasteiger partial charge in [-0.05, 0) is 24.6 Å². The fraction of sp³-hybridized carbons (Fsp3) is 0.227. The summed E-state index contributed by atoms with van der Waals surface area (Å²) in [6.07, 6.45) is 3.42. The summed E-state index contributed by atoms with van der Waals surface area (Å²) >= 11 is 0.